The monoisotopic (exact) mass is 316 g/mol. The molecule has 0 unspecified atom stereocenters. The standard InChI is InChI=1S/C18H21FN2O2/c1-13-12-20-10-11-21(13)18(22)9-7-14-6-8-17(23-14)15-4-2-3-5-16(15)19/h2-6,8,13,20H,7,9-12H2,1H3/t13-/m1/s1. The fourth-order valence-electron chi connectivity index (χ4n) is 2.90. The van der Waals surface area contributed by atoms with Crippen molar-refractivity contribution >= 4 is 5.91 Å². The van der Waals surface area contributed by atoms with Gasteiger partial charge in [-0.05, 0) is 31.2 Å². The average molecular weight is 316 g/mol. The molecule has 0 saturated carbocycles. The third-order valence-electron chi connectivity index (χ3n) is 4.21. The molecule has 2 heterocycles. The second kappa shape index (κ2) is 6.96. The lowest BCUT2D eigenvalue weighted by Crippen LogP contribution is -2.52. The summed E-state index contributed by atoms with van der Waals surface area (Å²) in [5, 5.41) is 3.27. The summed E-state index contributed by atoms with van der Waals surface area (Å²) in [6, 6.07) is 10.3. The SMILES string of the molecule is C[C@@H]1CNCCN1C(=O)CCc1ccc(-c2ccccc2F)o1. The van der Waals surface area contributed by atoms with Gasteiger partial charge < -0.3 is 14.6 Å². The zero-order valence-electron chi connectivity index (χ0n) is 13.2. The van der Waals surface area contributed by atoms with Gasteiger partial charge in [-0.15, -0.1) is 0 Å². The number of carbonyl (C=O) groups excluding carboxylic acids is 1. The molecule has 1 aliphatic rings. The van der Waals surface area contributed by atoms with E-state index in [0.717, 1.165) is 19.6 Å². The smallest absolute Gasteiger partial charge is 0.223 e. The van der Waals surface area contributed by atoms with Gasteiger partial charge in [0, 0.05) is 38.5 Å². The number of piperazine rings is 1. The third kappa shape index (κ3) is 3.62. The molecule has 4 nitrogen and oxygen atoms in total. The van der Waals surface area contributed by atoms with Gasteiger partial charge in [0.1, 0.15) is 17.3 Å². The molecule has 0 spiro atoms. The molecular weight excluding hydrogens is 295 g/mol. The van der Waals surface area contributed by atoms with E-state index in [1.54, 1.807) is 24.3 Å². The molecule has 3 rings (SSSR count). The van der Waals surface area contributed by atoms with Gasteiger partial charge in [0.05, 0.1) is 5.56 Å². The molecule has 1 fully saturated rings. The predicted octanol–water partition coefficient (Wildman–Crippen LogP) is 2.84. The second-order valence-electron chi connectivity index (χ2n) is 5.89. The molecule has 0 radical (unpaired) electrons. The summed E-state index contributed by atoms with van der Waals surface area (Å²) in [7, 11) is 0. The minimum Gasteiger partial charge on any atom is -0.461 e. The zero-order chi connectivity index (χ0) is 16.2. The summed E-state index contributed by atoms with van der Waals surface area (Å²) < 4.78 is 19.4. The van der Waals surface area contributed by atoms with Crippen molar-refractivity contribution in [1.82, 2.24) is 10.2 Å². The summed E-state index contributed by atoms with van der Waals surface area (Å²) in [5.74, 6) is 1.04. The fraction of sp³-hybridized carbons (Fsp3) is 0.389. The molecule has 1 amide bonds. The predicted molar refractivity (Wildman–Crippen MR) is 86.5 cm³/mol. The van der Waals surface area contributed by atoms with E-state index in [4.69, 9.17) is 4.42 Å². The van der Waals surface area contributed by atoms with Crippen LogP contribution in [-0.2, 0) is 11.2 Å². The third-order valence-corrected chi connectivity index (χ3v) is 4.21. The van der Waals surface area contributed by atoms with Crippen LogP contribution in [0.25, 0.3) is 11.3 Å². The number of amides is 1. The molecule has 23 heavy (non-hydrogen) atoms. The van der Waals surface area contributed by atoms with Crippen LogP contribution >= 0.6 is 0 Å². The maximum absolute atomic E-state index is 13.8. The van der Waals surface area contributed by atoms with Gasteiger partial charge in [0.2, 0.25) is 5.91 Å². The van der Waals surface area contributed by atoms with E-state index in [1.807, 2.05) is 17.9 Å². The number of nitrogens with zero attached hydrogens (tertiary/aromatic N) is 1. The lowest BCUT2D eigenvalue weighted by atomic mass is 10.1. The lowest BCUT2D eigenvalue weighted by Gasteiger charge is -2.34. The van der Waals surface area contributed by atoms with Crippen LogP contribution in [0.1, 0.15) is 19.1 Å². The normalized spacial score (nSPS) is 18.2. The quantitative estimate of drug-likeness (QED) is 0.943. The van der Waals surface area contributed by atoms with Crippen LogP contribution in [-0.4, -0.2) is 36.5 Å². The molecule has 1 aromatic heterocycles. The molecule has 1 saturated heterocycles. The number of benzene rings is 1. The van der Waals surface area contributed by atoms with Gasteiger partial charge >= 0.3 is 0 Å². The Morgan fingerprint density at radius 2 is 2.17 bits per heavy atom. The van der Waals surface area contributed by atoms with Gasteiger partial charge in [0.25, 0.3) is 0 Å². The number of furan rings is 1. The number of carbonyl (C=O) groups is 1. The van der Waals surface area contributed by atoms with Crippen LogP contribution in [0.2, 0.25) is 0 Å². The summed E-state index contributed by atoms with van der Waals surface area (Å²) >= 11 is 0. The Hall–Kier alpha value is -2.14. The van der Waals surface area contributed by atoms with E-state index in [1.165, 1.54) is 6.07 Å². The minimum absolute atomic E-state index is 0.142. The molecule has 1 aliphatic heterocycles. The van der Waals surface area contributed by atoms with Crippen LogP contribution in [0, 0.1) is 5.82 Å². The minimum atomic E-state index is -0.306. The van der Waals surface area contributed by atoms with Crippen molar-refractivity contribution in [3.63, 3.8) is 0 Å². The summed E-state index contributed by atoms with van der Waals surface area (Å²) in [4.78, 5) is 14.2. The molecule has 0 aliphatic carbocycles. The highest BCUT2D eigenvalue weighted by atomic mass is 19.1. The average Bonchev–Trinajstić information content (AvgIpc) is 3.02. The van der Waals surface area contributed by atoms with Crippen LogP contribution < -0.4 is 5.32 Å². The Morgan fingerprint density at radius 1 is 1.35 bits per heavy atom. The van der Waals surface area contributed by atoms with Crippen molar-refractivity contribution in [3.05, 3.63) is 48.0 Å². The number of halogens is 1. The number of aryl methyl sites for hydroxylation is 1. The maximum atomic E-state index is 13.8. The Balaban J connectivity index is 1.61. The van der Waals surface area contributed by atoms with E-state index < -0.39 is 0 Å². The van der Waals surface area contributed by atoms with Crippen molar-refractivity contribution in [2.45, 2.75) is 25.8 Å². The highest BCUT2D eigenvalue weighted by Gasteiger charge is 2.22. The van der Waals surface area contributed by atoms with Gasteiger partial charge in [-0.3, -0.25) is 4.79 Å². The molecular formula is C18H21FN2O2. The first-order valence-electron chi connectivity index (χ1n) is 7.99. The molecule has 2 aromatic rings. The van der Waals surface area contributed by atoms with Gasteiger partial charge in [-0.1, -0.05) is 12.1 Å². The summed E-state index contributed by atoms with van der Waals surface area (Å²) in [6.45, 7) is 4.48. The Kier molecular flexibility index (Phi) is 4.76. The van der Waals surface area contributed by atoms with E-state index in [2.05, 4.69) is 5.32 Å². The van der Waals surface area contributed by atoms with Crippen molar-refractivity contribution in [2.24, 2.45) is 0 Å². The van der Waals surface area contributed by atoms with Crippen molar-refractivity contribution < 1.29 is 13.6 Å². The number of nitrogens with one attached hydrogen (secondary N) is 1. The topological polar surface area (TPSA) is 45.5 Å². The zero-order valence-corrected chi connectivity index (χ0v) is 13.2. The fourth-order valence-corrected chi connectivity index (χ4v) is 2.90. The molecule has 5 heteroatoms. The first-order valence-corrected chi connectivity index (χ1v) is 7.99. The highest BCUT2D eigenvalue weighted by Crippen LogP contribution is 2.25. The number of rotatable bonds is 4. The number of hydrogen-bond acceptors (Lipinski definition) is 3. The van der Waals surface area contributed by atoms with Gasteiger partial charge in [-0.2, -0.15) is 0 Å². The second-order valence-corrected chi connectivity index (χ2v) is 5.89. The van der Waals surface area contributed by atoms with E-state index >= 15 is 0 Å². The molecule has 1 N–H and O–H groups in total. The van der Waals surface area contributed by atoms with Crippen molar-refractivity contribution in [3.8, 4) is 11.3 Å². The lowest BCUT2D eigenvalue weighted by molar-refractivity contribution is -0.133. The first kappa shape index (κ1) is 15.7. The van der Waals surface area contributed by atoms with Gasteiger partial charge in [0.15, 0.2) is 0 Å². The van der Waals surface area contributed by atoms with Crippen LogP contribution in [0.3, 0.4) is 0 Å². The molecule has 1 aromatic carbocycles. The van der Waals surface area contributed by atoms with E-state index in [0.29, 0.717) is 29.9 Å². The van der Waals surface area contributed by atoms with Gasteiger partial charge in [-0.25, -0.2) is 4.39 Å². The largest absolute Gasteiger partial charge is 0.461 e. The van der Waals surface area contributed by atoms with Crippen molar-refractivity contribution in [2.75, 3.05) is 19.6 Å². The first-order chi connectivity index (χ1) is 11.1. The van der Waals surface area contributed by atoms with Crippen LogP contribution in [0.15, 0.2) is 40.8 Å². The summed E-state index contributed by atoms with van der Waals surface area (Å²) in [5.41, 5.74) is 0.445. The van der Waals surface area contributed by atoms with Crippen molar-refractivity contribution in [1.29, 1.82) is 0 Å². The Bertz CT molecular complexity index is 683. The van der Waals surface area contributed by atoms with Crippen LogP contribution in [0.5, 0.6) is 0 Å². The number of hydrogen-bond donors (Lipinski definition) is 1. The molecule has 1 atom stereocenters. The molecule has 122 valence electrons. The van der Waals surface area contributed by atoms with Crippen LogP contribution in [0.4, 0.5) is 4.39 Å². The van der Waals surface area contributed by atoms with E-state index in [-0.39, 0.29) is 17.8 Å². The summed E-state index contributed by atoms with van der Waals surface area (Å²) in [6.07, 6.45) is 0.943. The highest BCUT2D eigenvalue weighted by molar-refractivity contribution is 5.77. The molecule has 0 bridgehead atoms. The van der Waals surface area contributed by atoms with E-state index in [9.17, 15) is 9.18 Å². The Labute approximate surface area is 135 Å². The Morgan fingerprint density at radius 3 is 2.96 bits per heavy atom. The maximum Gasteiger partial charge on any atom is 0.223 e.